The molecule has 0 aliphatic carbocycles. The molecule has 0 saturated heterocycles. The van der Waals surface area contributed by atoms with Gasteiger partial charge in [0.2, 0.25) is 0 Å². The van der Waals surface area contributed by atoms with Gasteiger partial charge in [0, 0.05) is 16.6 Å². The molecule has 3 rings (SSSR count). The highest BCUT2D eigenvalue weighted by Crippen LogP contribution is 2.27. The molecule has 0 aliphatic heterocycles. The maximum Gasteiger partial charge on any atom is 0.261 e. The second kappa shape index (κ2) is 8.70. The van der Waals surface area contributed by atoms with Crippen molar-refractivity contribution in [3.63, 3.8) is 0 Å². The van der Waals surface area contributed by atoms with Crippen molar-refractivity contribution in [3.05, 3.63) is 57.1 Å². The maximum absolute atomic E-state index is 12.3. The van der Waals surface area contributed by atoms with Crippen LogP contribution in [0.5, 0.6) is 0 Å². The Hall–Kier alpha value is -2.06. The molecule has 1 unspecified atom stereocenters. The van der Waals surface area contributed by atoms with E-state index >= 15 is 0 Å². The molecule has 0 fully saturated rings. The SMILES string of the molecule is CC(NC(=O)c1cc2ccccc2s1)c1ccc(C=O)s1.CNO. The van der Waals surface area contributed by atoms with Gasteiger partial charge < -0.3 is 10.5 Å². The Kier molecular flexibility index (Phi) is 6.62. The number of carbonyl (C=O) groups excluding carboxylic acids is 2. The van der Waals surface area contributed by atoms with Crippen LogP contribution < -0.4 is 10.8 Å². The maximum atomic E-state index is 12.3. The summed E-state index contributed by atoms with van der Waals surface area (Å²) in [7, 11) is 1.43. The van der Waals surface area contributed by atoms with Crippen LogP contribution in [0.15, 0.2) is 42.5 Å². The van der Waals surface area contributed by atoms with Crippen LogP contribution in [-0.4, -0.2) is 24.4 Å². The van der Waals surface area contributed by atoms with E-state index in [4.69, 9.17) is 5.21 Å². The molecule has 126 valence electrons. The molecular formula is C17H18N2O3S2. The first kappa shape index (κ1) is 18.3. The first-order chi connectivity index (χ1) is 11.6. The normalized spacial score (nSPS) is 11.5. The van der Waals surface area contributed by atoms with Gasteiger partial charge in [-0.05, 0) is 36.6 Å². The number of hydrogen-bond acceptors (Lipinski definition) is 6. The van der Waals surface area contributed by atoms with E-state index in [2.05, 4.69) is 5.32 Å². The minimum atomic E-state index is -0.110. The number of hydroxylamine groups is 1. The molecule has 2 heterocycles. The summed E-state index contributed by atoms with van der Waals surface area (Å²) in [5.41, 5.74) is 1.75. The molecule has 1 atom stereocenters. The summed E-state index contributed by atoms with van der Waals surface area (Å²) in [6.07, 6.45) is 0.828. The van der Waals surface area contributed by atoms with Gasteiger partial charge in [-0.3, -0.25) is 9.59 Å². The number of benzene rings is 1. The minimum Gasteiger partial charge on any atom is -0.344 e. The molecule has 0 bridgehead atoms. The molecule has 0 aliphatic rings. The van der Waals surface area contributed by atoms with Crippen molar-refractivity contribution in [2.75, 3.05) is 7.05 Å². The number of amides is 1. The fraction of sp³-hybridized carbons (Fsp3) is 0.176. The predicted octanol–water partition coefficient (Wildman–Crippen LogP) is 3.86. The van der Waals surface area contributed by atoms with Crippen LogP contribution >= 0.6 is 22.7 Å². The van der Waals surface area contributed by atoms with E-state index in [-0.39, 0.29) is 11.9 Å². The number of nitrogens with one attached hydrogen (secondary N) is 2. The van der Waals surface area contributed by atoms with Crippen molar-refractivity contribution in [1.82, 2.24) is 10.8 Å². The molecule has 1 amide bonds. The smallest absolute Gasteiger partial charge is 0.261 e. The van der Waals surface area contributed by atoms with Gasteiger partial charge in [0.25, 0.3) is 5.91 Å². The molecule has 1 aromatic carbocycles. The lowest BCUT2D eigenvalue weighted by Gasteiger charge is -2.10. The van der Waals surface area contributed by atoms with Gasteiger partial charge in [0.15, 0.2) is 6.29 Å². The molecule has 2 aromatic heterocycles. The van der Waals surface area contributed by atoms with Crippen molar-refractivity contribution in [2.24, 2.45) is 0 Å². The highest BCUT2D eigenvalue weighted by molar-refractivity contribution is 7.20. The van der Waals surface area contributed by atoms with Gasteiger partial charge in [-0.2, -0.15) is 0 Å². The molecule has 0 radical (unpaired) electrons. The summed E-state index contributed by atoms with van der Waals surface area (Å²) >= 11 is 2.89. The molecule has 24 heavy (non-hydrogen) atoms. The zero-order valence-corrected chi connectivity index (χ0v) is 14.9. The Bertz CT molecular complexity index is 793. The Morgan fingerprint density at radius 1 is 1.21 bits per heavy atom. The van der Waals surface area contributed by atoms with Crippen LogP contribution in [0.2, 0.25) is 0 Å². The van der Waals surface area contributed by atoms with E-state index in [0.717, 1.165) is 21.2 Å². The topological polar surface area (TPSA) is 78.4 Å². The number of thiophene rings is 2. The van der Waals surface area contributed by atoms with Crippen molar-refractivity contribution in [3.8, 4) is 0 Å². The van der Waals surface area contributed by atoms with Crippen LogP contribution in [0.3, 0.4) is 0 Å². The zero-order chi connectivity index (χ0) is 17.5. The Labute approximate surface area is 147 Å². The number of carbonyl (C=O) groups is 2. The van der Waals surface area contributed by atoms with Crippen molar-refractivity contribution in [1.29, 1.82) is 0 Å². The van der Waals surface area contributed by atoms with Gasteiger partial charge in [0.05, 0.1) is 15.8 Å². The Balaban J connectivity index is 0.000000647. The minimum absolute atomic E-state index is 0.0789. The third-order valence-corrected chi connectivity index (χ3v) is 5.50. The lowest BCUT2D eigenvalue weighted by Crippen LogP contribution is -2.25. The van der Waals surface area contributed by atoms with Crippen LogP contribution in [0, 0.1) is 0 Å². The monoisotopic (exact) mass is 362 g/mol. The van der Waals surface area contributed by atoms with Gasteiger partial charge in [-0.25, -0.2) is 5.48 Å². The average molecular weight is 362 g/mol. The van der Waals surface area contributed by atoms with Gasteiger partial charge in [-0.15, -0.1) is 22.7 Å². The lowest BCUT2D eigenvalue weighted by atomic mass is 10.2. The molecule has 0 saturated carbocycles. The lowest BCUT2D eigenvalue weighted by molar-refractivity contribution is 0.0944. The Morgan fingerprint density at radius 3 is 2.54 bits per heavy atom. The summed E-state index contributed by atoms with van der Waals surface area (Å²) < 4.78 is 1.11. The summed E-state index contributed by atoms with van der Waals surface area (Å²) in [4.78, 5) is 25.4. The molecular weight excluding hydrogens is 344 g/mol. The van der Waals surface area contributed by atoms with E-state index in [1.807, 2.05) is 43.3 Å². The first-order valence-electron chi connectivity index (χ1n) is 7.24. The second-order valence-electron chi connectivity index (χ2n) is 4.93. The molecule has 3 N–H and O–H groups in total. The van der Waals surface area contributed by atoms with Crippen molar-refractivity contribution < 1.29 is 14.8 Å². The number of fused-ring (bicyclic) bond motifs is 1. The molecule has 0 spiro atoms. The molecule has 5 nitrogen and oxygen atoms in total. The van der Waals surface area contributed by atoms with Crippen molar-refractivity contribution in [2.45, 2.75) is 13.0 Å². The van der Waals surface area contributed by atoms with Crippen LogP contribution in [0.1, 0.15) is 37.2 Å². The fourth-order valence-corrected chi connectivity index (χ4v) is 3.89. The Morgan fingerprint density at radius 2 is 1.92 bits per heavy atom. The van der Waals surface area contributed by atoms with Gasteiger partial charge in [0.1, 0.15) is 0 Å². The average Bonchev–Trinajstić information content (AvgIpc) is 3.22. The molecule has 3 aromatic rings. The van der Waals surface area contributed by atoms with Crippen LogP contribution in [0.4, 0.5) is 0 Å². The third-order valence-electron chi connectivity index (χ3n) is 3.19. The highest BCUT2D eigenvalue weighted by Gasteiger charge is 2.15. The van der Waals surface area contributed by atoms with Gasteiger partial charge >= 0.3 is 0 Å². The third kappa shape index (κ3) is 4.48. The summed E-state index contributed by atoms with van der Waals surface area (Å²) in [5, 5.41) is 11.4. The number of rotatable bonds is 4. The molecule has 7 heteroatoms. The zero-order valence-electron chi connectivity index (χ0n) is 13.3. The van der Waals surface area contributed by atoms with Gasteiger partial charge in [-0.1, -0.05) is 18.2 Å². The second-order valence-corrected chi connectivity index (χ2v) is 7.16. The quantitative estimate of drug-likeness (QED) is 0.486. The van der Waals surface area contributed by atoms with E-state index < -0.39 is 0 Å². The van der Waals surface area contributed by atoms with E-state index in [9.17, 15) is 9.59 Å². The predicted molar refractivity (Wildman–Crippen MR) is 98.3 cm³/mol. The van der Waals surface area contributed by atoms with Crippen LogP contribution in [-0.2, 0) is 0 Å². The first-order valence-corrected chi connectivity index (χ1v) is 8.87. The van der Waals surface area contributed by atoms with E-state index in [1.165, 1.54) is 29.7 Å². The largest absolute Gasteiger partial charge is 0.344 e. The highest BCUT2D eigenvalue weighted by atomic mass is 32.1. The summed E-state index contributed by atoms with van der Waals surface area (Å²) in [6.45, 7) is 1.92. The van der Waals surface area contributed by atoms with E-state index in [1.54, 1.807) is 11.5 Å². The van der Waals surface area contributed by atoms with Crippen LogP contribution in [0.25, 0.3) is 10.1 Å². The van der Waals surface area contributed by atoms with E-state index in [0.29, 0.717) is 9.75 Å². The number of aldehydes is 1. The summed E-state index contributed by atoms with van der Waals surface area (Å²) in [5.74, 6) is -0.0789. The standard InChI is InChI=1S/C16H13NO2S2.CH5NO/c1-10(13-7-6-12(9-18)20-13)17-16(19)15-8-11-4-2-3-5-14(11)21-15;1-2-3/h2-10H,1H3,(H,17,19);2-3H,1H3. The summed E-state index contributed by atoms with van der Waals surface area (Å²) in [6, 6.07) is 13.4. The fourth-order valence-electron chi connectivity index (χ4n) is 2.10. The van der Waals surface area contributed by atoms with Crippen molar-refractivity contribution >= 4 is 45.0 Å². The number of hydrogen-bond donors (Lipinski definition) is 3.